The second-order valence-electron chi connectivity index (χ2n) is 8.20. The quantitative estimate of drug-likeness (QED) is 0.659. The highest BCUT2D eigenvalue weighted by Crippen LogP contribution is 2.34. The maximum atomic E-state index is 13.2. The van der Waals surface area contributed by atoms with E-state index in [1.165, 1.54) is 25.7 Å². The molecule has 6 heteroatoms. The summed E-state index contributed by atoms with van der Waals surface area (Å²) in [6, 6.07) is 0. The molecular formula is C20H37N3O3. The van der Waals surface area contributed by atoms with E-state index in [4.69, 9.17) is 9.47 Å². The fourth-order valence-electron chi connectivity index (χ4n) is 4.93. The Morgan fingerprint density at radius 1 is 1.19 bits per heavy atom. The predicted octanol–water partition coefficient (Wildman–Crippen LogP) is 1.50. The van der Waals surface area contributed by atoms with E-state index in [9.17, 15) is 4.79 Å². The number of methoxy groups -OCH3 is 1. The van der Waals surface area contributed by atoms with Crippen molar-refractivity contribution in [2.75, 3.05) is 66.2 Å². The van der Waals surface area contributed by atoms with Crippen molar-refractivity contribution >= 4 is 5.91 Å². The van der Waals surface area contributed by atoms with Crippen molar-refractivity contribution in [3.05, 3.63) is 0 Å². The van der Waals surface area contributed by atoms with E-state index in [1.807, 2.05) is 0 Å². The zero-order valence-electron chi connectivity index (χ0n) is 16.5. The number of hydrogen-bond acceptors (Lipinski definition) is 5. The number of morpholine rings is 1. The summed E-state index contributed by atoms with van der Waals surface area (Å²) < 4.78 is 10.7. The molecular weight excluding hydrogens is 330 g/mol. The van der Waals surface area contributed by atoms with Gasteiger partial charge in [0.05, 0.1) is 13.2 Å². The highest BCUT2D eigenvalue weighted by molar-refractivity contribution is 5.86. The first-order valence-corrected chi connectivity index (χ1v) is 10.6. The molecule has 2 saturated heterocycles. The van der Waals surface area contributed by atoms with Gasteiger partial charge in [0.15, 0.2) is 0 Å². The number of ether oxygens (including phenoxy) is 2. The van der Waals surface area contributed by atoms with E-state index in [0.29, 0.717) is 5.92 Å². The van der Waals surface area contributed by atoms with Crippen molar-refractivity contribution in [1.82, 2.24) is 15.1 Å². The third-order valence-electron chi connectivity index (χ3n) is 6.46. The number of nitrogens with zero attached hydrogens (tertiary/aromatic N) is 2. The first kappa shape index (κ1) is 20.1. The lowest BCUT2D eigenvalue weighted by molar-refractivity contribution is -0.140. The van der Waals surface area contributed by atoms with Gasteiger partial charge in [0, 0.05) is 46.4 Å². The molecule has 2 heterocycles. The summed E-state index contributed by atoms with van der Waals surface area (Å²) >= 11 is 0. The highest BCUT2D eigenvalue weighted by atomic mass is 16.5. The second-order valence-corrected chi connectivity index (χ2v) is 8.20. The Morgan fingerprint density at radius 3 is 2.69 bits per heavy atom. The molecule has 1 unspecified atom stereocenters. The van der Waals surface area contributed by atoms with Crippen LogP contribution < -0.4 is 5.32 Å². The Hall–Kier alpha value is -0.690. The average Bonchev–Trinajstić information content (AvgIpc) is 3.15. The summed E-state index contributed by atoms with van der Waals surface area (Å²) in [7, 11) is 1.76. The van der Waals surface area contributed by atoms with Gasteiger partial charge in [-0.2, -0.15) is 0 Å². The predicted molar refractivity (Wildman–Crippen MR) is 102 cm³/mol. The molecule has 0 aromatic heterocycles. The molecule has 0 radical (unpaired) electrons. The summed E-state index contributed by atoms with van der Waals surface area (Å²) in [4.78, 5) is 18.2. The molecule has 1 N–H and O–H groups in total. The molecule has 3 rings (SSSR count). The lowest BCUT2D eigenvalue weighted by atomic mass is 9.79. The normalized spacial score (nSPS) is 27.5. The van der Waals surface area contributed by atoms with Crippen molar-refractivity contribution in [3.8, 4) is 0 Å². The molecule has 1 atom stereocenters. The molecule has 0 aromatic carbocycles. The van der Waals surface area contributed by atoms with Gasteiger partial charge in [-0.15, -0.1) is 0 Å². The molecule has 0 bridgehead atoms. The number of hydrogen-bond donors (Lipinski definition) is 1. The number of rotatable bonds is 8. The molecule has 3 fully saturated rings. The van der Waals surface area contributed by atoms with E-state index >= 15 is 0 Å². The van der Waals surface area contributed by atoms with Crippen LogP contribution in [0.4, 0.5) is 0 Å². The van der Waals surface area contributed by atoms with Crippen LogP contribution in [-0.4, -0.2) is 87.4 Å². The van der Waals surface area contributed by atoms with Gasteiger partial charge in [0.2, 0.25) is 5.91 Å². The Kier molecular flexibility index (Phi) is 7.73. The van der Waals surface area contributed by atoms with Crippen LogP contribution in [-0.2, 0) is 14.3 Å². The third kappa shape index (κ3) is 4.97. The molecule has 0 spiro atoms. The fourth-order valence-corrected chi connectivity index (χ4v) is 4.93. The van der Waals surface area contributed by atoms with Gasteiger partial charge in [-0.3, -0.25) is 9.69 Å². The highest BCUT2D eigenvalue weighted by Gasteiger charge is 2.45. The number of carbonyl (C=O) groups excluding carboxylic acids is 1. The number of amides is 1. The number of carbonyl (C=O) groups is 1. The third-order valence-corrected chi connectivity index (χ3v) is 6.46. The summed E-state index contributed by atoms with van der Waals surface area (Å²) in [5.74, 6) is 0.865. The van der Waals surface area contributed by atoms with Gasteiger partial charge in [0.1, 0.15) is 5.54 Å². The first-order chi connectivity index (χ1) is 12.7. The monoisotopic (exact) mass is 367 g/mol. The van der Waals surface area contributed by atoms with Gasteiger partial charge in [-0.1, -0.05) is 19.3 Å². The molecule has 3 aliphatic rings. The van der Waals surface area contributed by atoms with Crippen molar-refractivity contribution in [3.63, 3.8) is 0 Å². The van der Waals surface area contributed by atoms with E-state index in [2.05, 4.69) is 15.1 Å². The zero-order chi connectivity index (χ0) is 18.2. The number of nitrogens with one attached hydrogen (secondary N) is 1. The molecule has 1 saturated carbocycles. The lowest BCUT2D eigenvalue weighted by Gasteiger charge is -2.46. The Bertz CT molecular complexity index is 434. The van der Waals surface area contributed by atoms with Gasteiger partial charge in [0.25, 0.3) is 0 Å². The van der Waals surface area contributed by atoms with E-state index in [1.54, 1.807) is 7.11 Å². The van der Waals surface area contributed by atoms with Gasteiger partial charge in [-0.25, -0.2) is 0 Å². The van der Waals surface area contributed by atoms with Crippen LogP contribution in [0.3, 0.4) is 0 Å². The minimum atomic E-state index is -0.279. The Labute approximate surface area is 158 Å². The van der Waals surface area contributed by atoms with Crippen molar-refractivity contribution in [2.45, 2.75) is 50.5 Å². The minimum absolute atomic E-state index is 0.275. The molecule has 1 amide bonds. The topological polar surface area (TPSA) is 54.0 Å². The van der Waals surface area contributed by atoms with Gasteiger partial charge in [-0.05, 0) is 38.1 Å². The van der Waals surface area contributed by atoms with Crippen molar-refractivity contribution in [2.24, 2.45) is 5.92 Å². The summed E-state index contributed by atoms with van der Waals surface area (Å²) in [5, 5.41) is 3.35. The van der Waals surface area contributed by atoms with Gasteiger partial charge >= 0.3 is 0 Å². The molecule has 26 heavy (non-hydrogen) atoms. The minimum Gasteiger partial charge on any atom is -0.385 e. The van der Waals surface area contributed by atoms with Crippen LogP contribution in [0.1, 0.15) is 44.9 Å². The summed E-state index contributed by atoms with van der Waals surface area (Å²) in [6.45, 7) is 8.32. The van der Waals surface area contributed by atoms with E-state index in [0.717, 1.165) is 78.4 Å². The average molecular weight is 368 g/mol. The van der Waals surface area contributed by atoms with Crippen LogP contribution in [0.25, 0.3) is 0 Å². The van der Waals surface area contributed by atoms with Crippen LogP contribution in [0.2, 0.25) is 0 Å². The smallest absolute Gasteiger partial charge is 0.240 e. The molecule has 1 aliphatic carbocycles. The van der Waals surface area contributed by atoms with Gasteiger partial charge < -0.3 is 19.7 Å². The maximum absolute atomic E-state index is 13.2. The summed E-state index contributed by atoms with van der Waals surface area (Å²) in [6.07, 6.45) is 7.90. The van der Waals surface area contributed by atoms with E-state index < -0.39 is 0 Å². The summed E-state index contributed by atoms with van der Waals surface area (Å²) in [5.41, 5.74) is -0.279. The van der Waals surface area contributed by atoms with Crippen LogP contribution in [0.15, 0.2) is 0 Å². The number of likely N-dealkylation sites (tertiary alicyclic amines) is 1. The second kappa shape index (κ2) is 10.0. The molecule has 150 valence electrons. The Balaban J connectivity index is 1.49. The largest absolute Gasteiger partial charge is 0.385 e. The SMILES string of the molecule is COCCCN1CCC(CNC(=O)C2(N3CCOCC3)CCCCC2)C1. The Morgan fingerprint density at radius 2 is 1.96 bits per heavy atom. The molecule has 0 aromatic rings. The standard InChI is InChI=1S/C20H37N3O3/c1-25-13-5-9-22-10-6-18(17-22)16-21-19(24)20(7-3-2-4-8-20)23-11-14-26-15-12-23/h18H,2-17H2,1H3,(H,21,24). The zero-order valence-corrected chi connectivity index (χ0v) is 16.5. The maximum Gasteiger partial charge on any atom is 0.240 e. The van der Waals surface area contributed by atoms with Crippen molar-refractivity contribution < 1.29 is 14.3 Å². The van der Waals surface area contributed by atoms with E-state index in [-0.39, 0.29) is 11.4 Å². The van der Waals surface area contributed by atoms with Crippen LogP contribution >= 0.6 is 0 Å². The van der Waals surface area contributed by atoms with Crippen molar-refractivity contribution in [1.29, 1.82) is 0 Å². The van der Waals surface area contributed by atoms with Crippen LogP contribution in [0, 0.1) is 5.92 Å². The lowest BCUT2D eigenvalue weighted by Crippen LogP contribution is -2.62. The fraction of sp³-hybridized carbons (Fsp3) is 0.950. The first-order valence-electron chi connectivity index (χ1n) is 10.6. The molecule has 2 aliphatic heterocycles. The molecule has 6 nitrogen and oxygen atoms in total. The van der Waals surface area contributed by atoms with Crippen LogP contribution in [0.5, 0.6) is 0 Å².